The molecule has 4 rings (SSSR count). The maximum Gasteiger partial charge on any atom is 0.264 e. The molecule has 1 amide bonds. The molecular formula is C27H28N4O4S. The van der Waals surface area contributed by atoms with Gasteiger partial charge in [0.25, 0.3) is 10.0 Å². The first-order chi connectivity index (χ1) is 17.4. The standard InChI is InChI=1S/C27H28N4O4S/c1-3-35-25-15-13-24(14-16-25)31(36(33,34)26-7-5-4-6-8-26)20-27(32)29-19-22-9-11-23(12-10-22)30-18-17-28-21(30)2/h4-18H,3,19-20H2,1-2H3,(H,29,32). The van der Waals surface area contributed by atoms with Crippen LogP contribution in [0.4, 0.5) is 5.69 Å². The summed E-state index contributed by atoms with van der Waals surface area (Å²) in [6.07, 6.45) is 3.62. The topological polar surface area (TPSA) is 93.5 Å². The molecule has 0 atom stereocenters. The number of rotatable bonds is 10. The molecule has 0 fully saturated rings. The van der Waals surface area contributed by atoms with Crippen molar-refractivity contribution in [2.45, 2.75) is 25.3 Å². The molecule has 0 radical (unpaired) electrons. The number of aryl methyl sites for hydroxylation is 1. The second-order valence-corrected chi connectivity index (χ2v) is 9.90. The van der Waals surface area contributed by atoms with E-state index in [0.29, 0.717) is 18.0 Å². The molecule has 3 aromatic carbocycles. The zero-order valence-corrected chi connectivity index (χ0v) is 21.0. The molecule has 0 spiro atoms. The van der Waals surface area contributed by atoms with Crippen LogP contribution in [0.15, 0.2) is 96.2 Å². The van der Waals surface area contributed by atoms with Crippen LogP contribution in [-0.2, 0) is 21.4 Å². The SMILES string of the molecule is CCOc1ccc(N(CC(=O)NCc2ccc(-n3ccnc3C)cc2)S(=O)(=O)c2ccccc2)cc1. The molecule has 186 valence electrons. The van der Waals surface area contributed by atoms with Crippen molar-refractivity contribution in [3.8, 4) is 11.4 Å². The largest absolute Gasteiger partial charge is 0.494 e. The number of hydrogen-bond donors (Lipinski definition) is 1. The van der Waals surface area contributed by atoms with Crippen molar-refractivity contribution in [2.24, 2.45) is 0 Å². The molecule has 0 aliphatic carbocycles. The van der Waals surface area contributed by atoms with Crippen LogP contribution in [0, 0.1) is 6.92 Å². The van der Waals surface area contributed by atoms with Gasteiger partial charge in [0, 0.05) is 24.6 Å². The average Bonchev–Trinajstić information content (AvgIpc) is 3.33. The Bertz CT molecular complexity index is 1400. The fourth-order valence-corrected chi connectivity index (χ4v) is 5.16. The van der Waals surface area contributed by atoms with Gasteiger partial charge >= 0.3 is 0 Å². The number of hydrogen-bond acceptors (Lipinski definition) is 5. The third kappa shape index (κ3) is 5.75. The van der Waals surface area contributed by atoms with Gasteiger partial charge in [0.2, 0.25) is 5.91 Å². The number of aromatic nitrogens is 2. The smallest absolute Gasteiger partial charge is 0.264 e. The highest BCUT2D eigenvalue weighted by atomic mass is 32.2. The van der Waals surface area contributed by atoms with Gasteiger partial charge in [0.05, 0.1) is 17.2 Å². The second kappa shape index (κ2) is 11.1. The first-order valence-electron chi connectivity index (χ1n) is 11.5. The van der Waals surface area contributed by atoms with Crippen molar-refractivity contribution in [1.82, 2.24) is 14.9 Å². The zero-order chi connectivity index (χ0) is 25.5. The monoisotopic (exact) mass is 504 g/mol. The Morgan fingerprint density at radius 3 is 2.31 bits per heavy atom. The molecule has 8 nitrogen and oxygen atoms in total. The maximum atomic E-state index is 13.4. The van der Waals surface area contributed by atoms with Gasteiger partial charge in [-0.1, -0.05) is 30.3 Å². The Morgan fingerprint density at radius 2 is 1.69 bits per heavy atom. The molecular weight excluding hydrogens is 476 g/mol. The lowest BCUT2D eigenvalue weighted by atomic mass is 10.2. The maximum absolute atomic E-state index is 13.4. The second-order valence-electron chi connectivity index (χ2n) is 8.04. The normalized spacial score (nSPS) is 11.2. The lowest BCUT2D eigenvalue weighted by molar-refractivity contribution is -0.119. The van der Waals surface area contributed by atoms with Crippen molar-refractivity contribution in [3.63, 3.8) is 0 Å². The van der Waals surface area contributed by atoms with Crippen molar-refractivity contribution in [1.29, 1.82) is 0 Å². The highest BCUT2D eigenvalue weighted by Crippen LogP contribution is 2.25. The summed E-state index contributed by atoms with van der Waals surface area (Å²) in [7, 11) is -3.97. The summed E-state index contributed by atoms with van der Waals surface area (Å²) >= 11 is 0. The Labute approximate surface area is 211 Å². The summed E-state index contributed by atoms with van der Waals surface area (Å²) in [5, 5.41) is 2.83. The van der Waals surface area contributed by atoms with Crippen LogP contribution in [0.3, 0.4) is 0 Å². The van der Waals surface area contributed by atoms with Crippen LogP contribution in [0.2, 0.25) is 0 Å². The molecule has 0 aliphatic heterocycles. The number of nitrogens with one attached hydrogen (secondary N) is 1. The van der Waals surface area contributed by atoms with Gasteiger partial charge in [-0.2, -0.15) is 0 Å². The van der Waals surface area contributed by atoms with Gasteiger partial charge < -0.3 is 14.6 Å². The lowest BCUT2D eigenvalue weighted by Gasteiger charge is -2.24. The molecule has 4 aromatic rings. The lowest BCUT2D eigenvalue weighted by Crippen LogP contribution is -2.40. The van der Waals surface area contributed by atoms with E-state index in [1.54, 1.807) is 48.7 Å². The number of benzene rings is 3. The van der Waals surface area contributed by atoms with E-state index in [2.05, 4.69) is 10.3 Å². The summed E-state index contributed by atoms with van der Waals surface area (Å²) < 4.78 is 35.4. The van der Waals surface area contributed by atoms with Gasteiger partial charge in [-0.15, -0.1) is 0 Å². The highest BCUT2D eigenvalue weighted by molar-refractivity contribution is 7.92. The Balaban J connectivity index is 1.49. The van der Waals surface area contributed by atoms with E-state index in [4.69, 9.17) is 4.74 Å². The van der Waals surface area contributed by atoms with Crippen LogP contribution < -0.4 is 14.4 Å². The predicted octanol–water partition coefficient (Wildman–Crippen LogP) is 4.09. The average molecular weight is 505 g/mol. The summed E-state index contributed by atoms with van der Waals surface area (Å²) in [5.41, 5.74) is 2.23. The highest BCUT2D eigenvalue weighted by Gasteiger charge is 2.27. The van der Waals surface area contributed by atoms with E-state index in [1.807, 2.05) is 48.9 Å². The van der Waals surface area contributed by atoms with Crippen molar-refractivity contribution >= 4 is 21.6 Å². The number of anilines is 1. The third-order valence-corrected chi connectivity index (χ3v) is 7.37. The molecule has 0 aliphatic rings. The number of imidazole rings is 1. The van der Waals surface area contributed by atoms with Crippen molar-refractivity contribution in [2.75, 3.05) is 17.5 Å². The van der Waals surface area contributed by atoms with E-state index in [0.717, 1.165) is 21.4 Å². The number of ether oxygens (including phenoxy) is 1. The Kier molecular flexibility index (Phi) is 7.70. The minimum Gasteiger partial charge on any atom is -0.494 e. The molecule has 36 heavy (non-hydrogen) atoms. The van der Waals surface area contributed by atoms with Crippen LogP contribution in [0.25, 0.3) is 5.69 Å². The van der Waals surface area contributed by atoms with E-state index in [-0.39, 0.29) is 18.0 Å². The van der Waals surface area contributed by atoms with E-state index in [1.165, 1.54) is 12.1 Å². The minimum atomic E-state index is -3.97. The fraction of sp³-hybridized carbons (Fsp3) is 0.185. The van der Waals surface area contributed by atoms with Crippen LogP contribution in [-0.4, -0.2) is 37.0 Å². The summed E-state index contributed by atoms with van der Waals surface area (Å²) in [5.74, 6) is 1.08. The minimum absolute atomic E-state index is 0.108. The molecule has 0 saturated heterocycles. The quantitative estimate of drug-likeness (QED) is 0.351. The molecule has 9 heteroatoms. The number of sulfonamides is 1. The van der Waals surface area contributed by atoms with E-state index >= 15 is 0 Å². The number of amides is 1. The van der Waals surface area contributed by atoms with E-state index in [9.17, 15) is 13.2 Å². The first-order valence-corrected chi connectivity index (χ1v) is 13.0. The van der Waals surface area contributed by atoms with Crippen molar-refractivity contribution < 1.29 is 17.9 Å². The first kappa shape index (κ1) is 25.0. The molecule has 1 N–H and O–H groups in total. The number of nitrogens with zero attached hydrogens (tertiary/aromatic N) is 3. The Morgan fingerprint density at radius 1 is 1.00 bits per heavy atom. The molecule has 1 aromatic heterocycles. The molecule has 1 heterocycles. The Hall–Kier alpha value is -4.11. The van der Waals surface area contributed by atoms with Gasteiger partial charge in [-0.25, -0.2) is 13.4 Å². The molecule has 0 saturated carbocycles. The summed E-state index contributed by atoms with van der Waals surface area (Å²) in [6, 6.07) is 22.4. The number of carbonyl (C=O) groups excluding carboxylic acids is 1. The number of carbonyl (C=O) groups is 1. The van der Waals surface area contributed by atoms with Crippen molar-refractivity contribution in [3.05, 3.63) is 103 Å². The van der Waals surface area contributed by atoms with Gasteiger partial charge in [-0.05, 0) is 67.9 Å². The van der Waals surface area contributed by atoms with Gasteiger partial charge in [-0.3, -0.25) is 9.10 Å². The van der Waals surface area contributed by atoms with E-state index < -0.39 is 15.9 Å². The molecule has 0 bridgehead atoms. The third-order valence-electron chi connectivity index (χ3n) is 5.58. The predicted molar refractivity (Wildman–Crippen MR) is 139 cm³/mol. The fourth-order valence-electron chi connectivity index (χ4n) is 3.72. The molecule has 0 unspecified atom stereocenters. The van der Waals surface area contributed by atoms with Gasteiger partial charge in [0.15, 0.2) is 0 Å². The van der Waals surface area contributed by atoms with Crippen LogP contribution >= 0.6 is 0 Å². The summed E-state index contributed by atoms with van der Waals surface area (Å²) in [4.78, 5) is 17.2. The van der Waals surface area contributed by atoms with Crippen LogP contribution in [0.5, 0.6) is 5.75 Å². The summed E-state index contributed by atoms with van der Waals surface area (Å²) in [6.45, 7) is 4.20. The zero-order valence-electron chi connectivity index (χ0n) is 20.2. The van der Waals surface area contributed by atoms with Gasteiger partial charge in [0.1, 0.15) is 18.1 Å². The van der Waals surface area contributed by atoms with Crippen LogP contribution in [0.1, 0.15) is 18.3 Å².